The molecule has 174 valence electrons. The lowest BCUT2D eigenvalue weighted by Crippen LogP contribution is -2.46. The fourth-order valence-electron chi connectivity index (χ4n) is 4.21. The molecule has 4 rings (SSSR count). The summed E-state index contributed by atoms with van der Waals surface area (Å²) in [6.45, 7) is 9.80. The summed E-state index contributed by atoms with van der Waals surface area (Å²) in [5.41, 5.74) is 6.21. The average molecular weight is 532 g/mol. The fraction of sp³-hybridized carbons (Fsp3) is 0.375. The van der Waals surface area contributed by atoms with Gasteiger partial charge in [0.2, 0.25) is 5.91 Å². The van der Waals surface area contributed by atoms with E-state index in [1.54, 1.807) is 11.0 Å². The van der Waals surface area contributed by atoms with Crippen LogP contribution < -0.4 is 0 Å². The number of halogens is 1. The van der Waals surface area contributed by atoms with Crippen molar-refractivity contribution in [2.45, 2.75) is 27.7 Å². The fourth-order valence-corrected chi connectivity index (χ4v) is 5.27. The maximum absolute atomic E-state index is 12.9. The van der Waals surface area contributed by atoms with Crippen LogP contribution in [-0.4, -0.2) is 64.3 Å². The number of carbonyl (C=O) groups excluding carboxylic acids is 3. The Balaban J connectivity index is 1.58. The normalized spacial score (nSPS) is 18.0. The van der Waals surface area contributed by atoms with Gasteiger partial charge in [-0.1, -0.05) is 15.9 Å². The molecule has 0 spiro atoms. The Morgan fingerprint density at radius 2 is 1.73 bits per heavy atom. The van der Waals surface area contributed by atoms with Gasteiger partial charge in [0.15, 0.2) is 0 Å². The number of benzene rings is 1. The Bertz CT molecular complexity index is 1160. The first kappa shape index (κ1) is 23.8. The first-order valence-electron chi connectivity index (χ1n) is 10.7. The number of hydrogen-bond donors (Lipinski definition) is 0. The van der Waals surface area contributed by atoms with Crippen molar-refractivity contribution in [3.05, 3.63) is 55.7 Å². The van der Waals surface area contributed by atoms with Crippen LogP contribution in [0.3, 0.4) is 0 Å². The van der Waals surface area contributed by atoms with Crippen LogP contribution in [0.2, 0.25) is 0 Å². The summed E-state index contributed by atoms with van der Waals surface area (Å²) in [5.74, 6) is -0.659. The molecule has 0 atom stereocenters. The molecule has 0 N–H and O–H groups in total. The largest absolute Gasteiger partial charge is 0.378 e. The standard InChI is InChI=1S/C24H26BrN3O4S/c1-14-9-19(10-15(2)22(14)25)28-16(3)11-18(17(28)4)12-20-23(30)27(24(31)33-20)13-21(29)26-5-7-32-8-6-26/h9-12H,5-8,13H2,1-4H3/b20-12-. The highest BCUT2D eigenvalue weighted by Gasteiger charge is 2.37. The summed E-state index contributed by atoms with van der Waals surface area (Å²) in [6, 6.07) is 6.24. The highest BCUT2D eigenvalue weighted by Crippen LogP contribution is 2.34. The van der Waals surface area contributed by atoms with Gasteiger partial charge in [0.05, 0.1) is 18.1 Å². The molecule has 3 amide bonds. The van der Waals surface area contributed by atoms with Crippen molar-refractivity contribution < 1.29 is 19.1 Å². The van der Waals surface area contributed by atoms with Gasteiger partial charge in [0.1, 0.15) is 6.54 Å². The first-order chi connectivity index (χ1) is 15.7. The lowest BCUT2D eigenvalue weighted by Gasteiger charge is -2.28. The number of thioether (sulfide) groups is 1. The summed E-state index contributed by atoms with van der Waals surface area (Å²) in [7, 11) is 0. The predicted octanol–water partition coefficient (Wildman–Crippen LogP) is 4.37. The van der Waals surface area contributed by atoms with Gasteiger partial charge in [0.25, 0.3) is 11.1 Å². The summed E-state index contributed by atoms with van der Waals surface area (Å²) < 4.78 is 8.50. The Labute approximate surface area is 205 Å². The number of carbonyl (C=O) groups is 3. The van der Waals surface area contributed by atoms with Gasteiger partial charge in [0, 0.05) is 34.6 Å². The molecule has 9 heteroatoms. The number of morpholine rings is 1. The van der Waals surface area contributed by atoms with Gasteiger partial charge in [-0.25, -0.2) is 0 Å². The Kier molecular flexibility index (Phi) is 6.83. The van der Waals surface area contributed by atoms with Crippen molar-refractivity contribution >= 4 is 50.8 Å². The third kappa shape index (κ3) is 4.67. The molecule has 0 unspecified atom stereocenters. The van der Waals surface area contributed by atoms with Gasteiger partial charge in [-0.05, 0) is 80.4 Å². The minimum absolute atomic E-state index is 0.235. The molecule has 2 aromatic rings. The molecule has 2 fully saturated rings. The molecule has 7 nitrogen and oxygen atoms in total. The number of hydrogen-bond acceptors (Lipinski definition) is 5. The number of ether oxygens (including phenoxy) is 1. The summed E-state index contributed by atoms with van der Waals surface area (Å²) >= 11 is 4.50. The predicted molar refractivity (Wildman–Crippen MR) is 132 cm³/mol. The molecule has 0 bridgehead atoms. The van der Waals surface area contributed by atoms with E-state index in [0.29, 0.717) is 31.2 Å². The molecule has 1 aromatic carbocycles. The van der Waals surface area contributed by atoms with Gasteiger partial charge in [-0.3, -0.25) is 19.3 Å². The molecule has 0 aliphatic carbocycles. The van der Waals surface area contributed by atoms with Crippen LogP contribution in [-0.2, 0) is 14.3 Å². The topological polar surface area (TPSA) is 71.8 Å². The Morgan fingerprint density at radius 1 is 1.09 bits per heavy atom. The summed E-state index contributed by atoms with van der Waals surface area (Å²) in [4.78, 5) is 41.0. The highest BCUT2D eigenvalue weighted by atomic mass is 79.9. The van der Waals surface area contributed by atoms with E-state index in [4.69, 9.17) is 4.74 Å². The molecule has 2 aliphatic rings. The number of rotatable bonds is 4. The smallest absolute Gasteiger partial charge is 0.294 e. The van der Waals surface area contributed by atoms with Crippen molar-refractivity contribution in [3.8, 4) is 5.69 Å². The second-order valence-corrected chi connectivity index (χ2v) is 10.1. The second kappa shape index (κ2) is 9.48. The molecule has 1 aromatic heterocycles. The number of imide groups is 1. The molecule has 2 saturated heterocycles. The van der Waals surface area contributed by atoms with Crippen molar-refractivity contribution in [2.75, 3.05) is 32.8 Å². The Hall–Kier alpha value is -2.36. The summed E-state index contributed by atoms with van der Waals surface area (Å²) in [5, 5.41) is -0.416. The van der Waals surface area contributed by atoms with Crippen LogP contribution in [0, 0.1) is 27.7 Å². The quantitative estimate of drug-likeness (QED) is 0.547. The van der Waals surface area contributed by atoms with Crippen LogP contribution >= 0.6 is 27.7 Å². The molecular weight excluding hydrogens is 506 g/mol. The second-order valence-electron chi connectivity index (χ2n) is 8.32. The van der Waals surface area contributed by atoms with Gasteiger partial charge >= 0.3 is 0 Å². The zero-order valence-electron chi connectivity index (χ0n) is 19.1. The van der Waals surface area contributed by atoms with Gasteiger partial charge in [-0.15, -0.1) is 0 Å². The average Bonchev–Trinajstić information content (AvgIpc) is 3.21. The zero-order valence-corrected chi connectivity index (χ0v) is 21.5. The van der Waals surface area contributed by atoms with E-state index in [9.17, 15) is 14.4 Å². The molecular formula is C24H26BrN3O4S. The summed E-state index contributed by atoms with van der Waals surface area (Å²) in [6.07, 6.45) is 1.75. The van der Waals surface area contributed by atoms with E-state index >= 15 is 0 Å². The molecule has 0 saturated carbocycles. The number of nitrogens with zero attached hydrogens (tertiary/aromatic N) is 3. The van der Waals surface area contributed by atoms with Gasteiger partial charge < -0.3 is 14.2 Å². The minimum Gasteiger partial charge on any atom is -0.378 e. The monoisotopic (exact) mass is 531 g/mol. The van der Waals surface area contributed by atoms with Gasteiger partial charge in [-0.2, -0.15) is 0 Å². The van der Waals surface area contributed by atoms with Crippen LogP contribution in [0.4, 0.5) is 4.79 Å². The third-order valence-corrected chi connectivity index (χ3v) is 8.13. The maximum Gasteiger partial charge on any atom is 0.294 e. The van der Waals surface area contributed by atoms with E-state index in [0.717, 1.165) is 54.9 Å². The van der Waals surface area contributed by atoms with Crippen molar-refractivity contribution in [1.82, 2.24) is 14.4 Å². The van der Waals surface area contributed by atoms with Crippen LogP contribution in [0.25, 0.3) is 11.8 Å². The number of aromatic nitrogens is 1. The van der Waals surface area contributed by atoms with Crippen molar-refractivity contribution in [2.24, 2.45) is 0 Å². The van der Waals surface area contributed by atoms with Crippen LogP contribution in [0.15, 0.2) is 27.6 Å². The van der Waals surface area contributed by atoms with Crippen molar-refractivity contribution in [3.63, 3.8) is 0 Å². The van der Waals surface area contributed by atoms with E-state index in [1.165, 1.54) is 0 Å². The highest BCUT2D eigenvalue weighted by molar-refractivity contribution is 9.10. The SMILES string of the molecule is Cc1cc(-n2c(C)cc(/C=C3\SC(=O)N(CC(=O)N4CCOCC4)C3=O)c2C)cc(C)c1Br. The van der Waals surface area contributed by atoms with Crippen LogP contribution in [0.5, 0.6) is 0 Å². The lowest BCUT2D eigenvalue weighted by atomic mass is 10.1. The van der Waals surface area contributed by atoms with E-state index < -0.39 is 11.1 Å². The molecule has 2 aliphatic heterocycles. The molecule has 0 radical (unpaired) electrons. The maximum atomic E-state index is 12.9. The molecule has 33 heavy (non-hydrogen) atoms. The minimum atomic E-state index is -0.424. The van der Waals surface area contributed by atoms with E-state index in [1.807, 2.05) is 19.9 Å². The molecule has 3 heterocycles. The van der Waals surface area contributed by atoms with E-state index in [2.05, 4.69) is 46.5 Å². The van der Waals surface area contributed by atoms with Crippen molar-refractivity contribution in [1.29, 1.82) is 0 Å². The first-order valence-corrected chi connectivity index (χ1v) is 12.3. The lowest BCUT2D eigenvalue weighted by molar-refractivity contribution is -0.139. The number of aryl methyl sites for hydroxylation is 3. The third-order valence-electron chi connectivity index (χ3n) is 5.97. The Morgan fingerprint density at radius 3 is 2.36 bits per heavy atom. The van der Waals surface area contributed by atoms with E-state index in [-0.39, 0.29) is 12.5 Å². The van der Waals surface area contributed by atoms with Crippen LogP contribution in [0.1, 0.15) is 28.1 Å². The zero-order chi connectivity index (χ0) is 23.9. The number of amides is 3.